The monoisotopic (exact) mass is 243 g/mol. The molecule has 0 aliphatic heterocycles. The molecule has 0 fully saturated rings. The number of aryl methyl sites for hydroxylation is 1. The molecule has 1 rings (SSSR count). The first-order valence-electron chi connectivity index (χ1n) is 5.06. The SMILES string of the molecule is Cc1ccc(CNS(=O)(=O)C(C)CN)cn1. The van der Waals surface area contributed by atoms with Crippen LogP contribution in [-0.4, -0.2) is 25.2 Å². The Morgan fingerprint density at radius 1 is 1.50 bits per heavy atom. The highest BCUT2D eigenvalue weighted by Crippen LogP contribution is 2.02. The molecule has 3 N–H and O–H groups in total. The van der Waals surface area contributed by atoms with Crippen LogP contribution in [0.3, 0.4) is 0 Å². The topological polar surface area (TPSA) is 85.1 Å². The van der Waals surface area contributed by atoms with Gasteiger partial charge in [0.15, 0.2) is 0 Å². The lowest BCUT2D eigenvalue weighted by atomic mass is 10.2. The number of hydrogen-bond donors (Lipinski definition) is 2. The van der Waals surface area contributed by atoms with Crippen molar-refractivity contribution in [3.05, 3.63) is 29.6 Å². The van der Waals surface area contributed by atoms with Crippen LogP contribution in [0.4, 0.5) is 0 Å². The van der Waals surface area contributed by atoms with E-state index in [1.807, 2.05) is 19.1 Å². The van der Waals surface area contributed by atoms with Crippen LogP contribution in [0.2, 0.25) is 0 Å². The molecule has 0 aromatic carbocycles. The third-order valence-corrected chi connectivity index (χ3v) is 4.11. The van der Waals surface area contributed by atoms with Gasteiger partial charge in [0, 0.05) is 25.0 Å². The molecule has 0 bridgehead atoms. The van der Waals surface area contributed by atoms with Crippen LogP contribution in [0, 0.1) is 6.92 Å². The fourth-order valence-corrected chi connectivity index (χ4v) is 1.96. The van der Waals surface area contributed by atoms with Crippen molar-refractivity contribution in [3.8, 4) is 0 Å². The van der Waals surface area contributed by atoms with Crippen molar-refractivity contribution in [1.82, 2.24) is 9.71 Å². The van der Waals surface area contributed by atoms with Gasteiger partial charge in [-0.25, -0.2) is 13.1 Å². The first-order valence-corrected chi connectivity index (χ1v) is 6.60. The minimum absolute atomic E-state index is 0.113. The first-order chi connectivity index (χ1) is 7.45. The van der Waals surface area contributed by atoms with Gasteiger partial charge in [0.25, 0.3) is 0 Å². The summed E-state index contributed by atoms with van der Waals surface area (Å²) in [6, 6.07) is 3.69. The Hall–Kier alpha value is -0.980. The molecule has 1 aromatic heterocycles. The number of sulfonamides is 1. The minimum Gasteiger partial charge on any atom is -0.329 e. The fraction of sp³-hybridized carbons (Fsp3) is 0.500. The summed E-state index contributed by atoms with van der Waals surface area (Å²) in [5.41, 5.74) is 7.05. The average Bonchev–Trinajstić information content (AvgIpc) is 2.27. The summed E-state index contributed by atoms with van der Waals surface area (Å²) in [7, 11) is -3.32. The van der Waals surface area contributed by atoms with E-state index in [4.69, 9.17) is 5.73 Å². The van der Waals surface area contributed by atoms with Crippen LogP contribution in [0.1, 0.15) is 18.2 Å². The Kier molecular flexibility index (Phi) is 4.40. The summed E-state index contributed by atoms with van der Waals surface area (Å²) >= 11 is 0. The Morgan fingerprint density at radius 2 is 2.19 bits per heavy atom. The molecule has 0 spiro atoms. The van der Waals surface area contributed by atoms with Crippen molar-refractivity contribution in [2.45, 2.75) is 25.6 Å². The predicted molar refractivity (Wildman–Crippen MR) is 63.2 cm³/mol. The summed E-state index contributed by atoms with van der Waals surface area (Å²) in [6.07, 6.45) is 1.66. The van der Waals surface area contributed by atoms with Crippen molar-refractivity contribution < 1.29 is 8.42 Å². The van der Waals surface area contributed by atoms with Gasteiger partial charge < -0.3 is 5.73 Å². The molecule has 0 radical (unpaired) electrons. The molecule has 5 nitrogen and oxygen atoms in total. The summed E-state index contributed by atoms with van der Waals surface area (Å²) in [5.74, 6) is 0. The van der Waals surface area contributed by atoms with Crippen molar-refractivity contribution in [3.63, 3.8) is 0 Å². The second-order valence-corrected chi connectivity index (χ2v) is 5.90. The third-order valence-electron chi connectivity index (χ3n) is 2.31. The molecule has 0 saturated heterocycles. The maximum Gasteiger partial charge on any atom is 0.215 e. The number of nitrogens with zero attached hydrogens (tertiary/aromatic N) is 1. The number of nitrogens with two attached hydrogens (primary N) is 1. The number of aromatic nitrogens is 1. The Morgan fingerprint density at radius 3 is 2.69 bits per heavy atom. The number of pyridine rings is 1. The van der Waals surface area contributed by atoms with Gasteiger partial charge >= 0.3 is 0 Å². The first kappa shape index (κ1) is 13.1. The summed E-state index contributed by atoms with van der Waals surface area (Å²) in [6.45, 7) is 3.82. The summed E-state index contributed by atoms with van der Waals surface area (Å²) < 4.78 is 25.7. The number of nitrogens with one attached hydrogen (secondary N) is 1. The molecule has 0 aliphatic carbocycles. The van der Waals surface area contributed by atoms with E-state index >= 15 is 0 Å². The van der Waals surface area contributed by atoms with Gasteiger partial charge in [0.05, 0.1) is 5.25 Å². The molecule has 1 aromatic rings. The van der Waals surface area contributed by atoms with Crippen LogP contribution in [0.5, 0.6) is 0 Å². The zero-order chi connectivity index (χ0) is 12.2. The second-order valence-electron chi connectivity index (χ2n) is 3.72. The fourth-order valence-electron chi connectivity index (χ4n) is 1.06. The second kappa shape index (κ2) is 5.38. The predicted octanol–water partition coefficient (Wildman–Crippen LogP) is 0.157. The van der Waals surface area contributed by atoms with Crippen molar-refractivity contribution in [2.75, 3.05) is 6.54 Å². The van der Waals surface area contributed by atoms with E-state index in [-0.39, 0.29) is 13.1 Å². The van der Waals surface area contributed by atoms with Crippen LogP contribution >= 0.6 is 0 Å². The molecule has 90 valence electrons. The maximum atomic E-state index is 11.6. The lowest BCUT2D eigenvalue weighted by Gasteiger charge is -2.11. The molecule has 1 unspecified atom stereocenters. The van der Waals surface area contributed by atoms with E-state index in [1.165, 1.54) is 0 Å². The summed E-state index contributed by atoms with van der Waals surface area (Å²) in [5, 5.41) is -0.578. The molecule has 0 saturated carbocycles. The van der Waals surface area contributed by atoms with Gasteiger partial charge in [-0.3, -0.25) is 4.98 Å². The van der Waals surface area contributed by atoms with Crippen LogP contribution in [0.25, 0.3) is 0 Å². The smallest absolute Gasteiger partial charge is 0.215 e. The molecule has 1 atom stereocenters. The van der Waals surface area contributed by atoms with Gasteiger partial charge in [-0.15, -0.1) is 0 Å². The lowest BCUT2D eigenvalue weighted by molar-refractivity contribution is 0.568. The van der Waals surface area contributed by atoms with Gasteiger partial charge in [-0.05, 0) is 25.5 Å². The van der Waals surface area contributed by atoms with Gasteiger partial charge in [-0.1, -0.05) is 6.07 Å². The molecule has 1 heterocycles. The minimum atomic E-state index is -3.32. The van der Waals surface area contributed by atoms with Gasteiger partial charge in [0.2, 0.25) is 10.0 Å². The van der Waals surface area contributed by atoms with E-state index < -0.39 is 15.3 Å². The van der Waals surface area contributed by atoms with Gasteiger partial charge in [-0.2, -0.15) is 0 Å². The lowest BCUT2D eigenvalue weighted by Crippen LogP contribution is -2.36. The molecule has 0 aliphatic rings. The molecule has 16 heavy (non-hydrogen) atoms. The van der Waals surface area contributed by atoms with Crippen LogP contribution < -0.4 is 10.5 Å². The molecule has 6 heteroatoms. The molecular weight excluding hydrogens is 226 g/mol. The van der Waals surface area contributed by atoms with E-state index in [9.17, 15) is 8.42 Å². The number of rotatable bonds is 5. The quantitative estimate of drug-likeness (QED) is 0.771. The van der Waals surface area contributed by atoms with Crippen molar-refractivity contribution >= 4 is 10.0 Å². The van der Waals surface area contributed by atoms with E-state index in [0.29, 0.717) is 0 Å². The Labute approximate surface area is 96.1 Å². The Balaban J connectivity index is 2.61. The highest BCUT2D eigenvalue weighted by Gasteiger charge is 2.18. The van der Waals surface area contributed by atoms with Gasteiger partial charge in [0.1, 0.15) is 0 Å². The largest absolute Gasteiger partial charge is 0.329 e. The van der Waals surface area contributed by atoms with Crippen molar-refractivity contribution in [2.24, 2.45) is 5.73 Å². The zero-order valence-corrected chi connectivity index (χ0v) is 10.3. The summed E-state index contributed by atoms with van der Waals surface area (Å²) in [4.78, 5) is 4.09. The highest BCUT2D eigenvalue weighted by molar-refractivity contribution is 7.90. The van der Waals surface area contributed by atoms with Crippen LogP contribution in [0.15, 0.2) is 18.3 Å². The number of hydrogen-bond acceptors (Lipinski definition) is 4. The van der Waals surface area contributed by atoms with Crippen LogP contribution in [-0.2, 0) is 16.6 Å². The van der Waals surface area contributed by atoms with E-state index in [0.717, 1.165) is 11.3 Å². The third kappa shape index (κ3) is 3.55. The Bertz CT molecular complexity index is 428. The molecule has 0 amide bonds. The van der Waals surface area contributed by atoms with Crippen molar-refractivity contribution in [1.29, 1.82) is 0 Å². The standard InChI is InChI=1S/C10H17N3O2S/c1-8-3-4-10(6-12-8)7-13-16(14,15)9(2)5-11/h3-4,6,9,13H,5,7,11H2,1-2H3. The zero-order valence-electron chi connectivity index (χ0n) is 9.47. The maximum absolute atomic E-state index is 11.6. The van der Waals surface area contributed by atoms with E-state index in [2.05, 4.69) is 9.71 Å². The normalized spacial score (nSPS) is 13.7. The van der Waals surface area contributed by atoms with E-state index in [1.54, 1.807) is 13.1 Å². The average molecular weight is 243 g/mol. The highest BCUT2D eigenvalue weighted by atomic mass is 32.2. The molecular formula is C10H17N3O2S.